The second-order valence-electron chi connectivity index (χ2n) is 6.11. The number of benzene rings is 1. The Hall–Kier alpha value is -1.91. The highest BCUT2D eigenvalue weighted by Crippen LogP contribution is 2.27. The summed E-state index contributed by atoms with van der Waals surface area (Å²) >= 11 is 0. The van der Waals surface area contributed by atoms with E-state index in [-0.39, 0.29) is 24.3 Å². The van der Waals surface area contributed by atoms with E-state index in [0.29, 0.717) is 18.9 Å². The van der Waals surface area contributed by atoms with Gasteiger partial charge in [-0.05, 0) is 30.0 Å². The van der Waals surface area contributed by atoms with Crippen LogP contribution in [-0.4, -0.2) is 18.5 Å². The van der Waals surface area contributed by atoms with Crippen molar-refractivity contribution in [2.24, 2.45) is 5.92 Å². The maximum atomic E-state index is 12.8. The maximum absolute atomic E-state index is 12.8. The van der Waals surface area contributed by atoms with E-state index in [4.69, 9.17) is 4.74 Å². The largest absolute Gasteiger partial charge is 0.456 e. The van der Waals surface area contributed by atoms with Gasteiger partial charge < -0.3 is 10.1 Å². The Labute approximate surface area is 136 Å². The van der Waals surface area contributed by atoms with Crippen LogP contribution in [0.25, 0.3) is 0 Å². The Bertz CT molecular complexity index is 510. The maximum Gasteiger partial charge on any atom is 0.306 e. The van der Waals surface area contributed by atoms with Gasteiger partial charge in [-0.2, -0.15) is 0 Å². The van der Waals surface area contributed by atoms with E-state index in [0.717, 1.165) is 12.0 Å². The number of hydrogen-bond acceptors (Lipinski definition) is 3. The number of esters is 1. The first kappa shape index (κ1) is 17.4. The molecule has 4 nitrogen and oxygen atoms in total. The zero-order chi connectivity index (χ0) is 16.5. The molecule has 1 aromatic rings. The van der Waals surface area contributed by atoms with Crippen LogP contribution in [0, 0.1) is 11.7 Å². The smallest absolute Gasteiger partial charge is 0.306 e. The van der Waals surface area contributed by atoms with Gasteiger partial charge in [-0.3, -0.25) is 9.59 Å². The number of rotatable bonds is 7. The molecule has 0 aromatic heterocycles. The normalized spacial score (nSPS) is 15.2. The Balaban J connectivity index is 1.57. The number of carbonyl (C=O) groups excluding carboxylic acids is 2. The van der Waals surface area contributed by atoms with Gasteiger partial charge in [0.15, 0.2) is 6.61 Å². The molecule has 1 amide bonds. The number of carbonyl (C=O) groups is 2. The lowest BCUT2D eigenvalue weighted by Crippen LogP contribution is -2.28. The SMILES string of the molecule is O=C(COC(=O)CCC1CCCCC1)NCc1ccc(F)cc1. The minimum atomic E-state index is -0.347. The minimum absolute atomic E-state index is 0.259. The molecule has 0 unspecified atom stereocenters. The predicted octanol–water partition coefficient (Wildman–Crippen LogP) is 3.35. The van der Waals surface area contributed by atoms with Crippen molar-refractivity contribution in [1.82, 2.24) is 5.32 Å². The standard InChI is InChI=1S/C18H24FNO3/c19-16-9-6-15(7-10-16)12-20-17(21)13-23-18(22)11-8-14-4-2-1-3-5-14/h6-7,9-10,14H,1-5,8,11-13H2,(H,20,21). The molecule has 1 aliphatic carbocycles. The molecule has 0 radical (unpaired) electrons. The van der Waals surface area contributed by atoms with E-state index < -0.39 is 0 Å². The molecule has 5 heteroatoms. The summed E-state index contributed by atoms with van der Waals surface area (Å²) in [6.45, 7) is 0.0312. The molecule has 1 aliphatic rings. The highest BCUT2D eigenvalue weighted by molar-refractivity contribution is 5.80. The average molecular weight is 321 g/mol. The lowest BCUT2D eigenvalue weighted by Gasteiger charge is -2.20. The van der Waals surface area contributed by atoms with Gasteiger partial charge in [0.2, 0.25) is 0 Å². The summed E-state index contributed by atoms with van der Waals surface area (Å²) < 4.78 is 17.7. The molecule has 0 spiro atoms. The molecule has 0 heterocycles. The number of ether oxygens (including phenoxy) is 1. The van der Waals surface area contributed by atoms with Crippen molar-refractivity contribution < 1.29 is 18.7 Å². The summed E-state index contributed by atoms with van der Waals surface area (Å²) in [5.74, 6) is -0.344. The zero-order valence-electron chi connectivity index (χ0n) is 13.4. The average Bonchev–Trinajstić information content (AvgIpc) is 2.58. The molecule has 0 saturated heterocycles. The molecule has 23 heavy (non-hydrogen) atoms. The Morgan fingerprint density at radius 1 is 1.13 bits per heavy atom. The lowest BCUT2D eigenvalue weighted by atomic mass is 9.86. The third-order valence-electron chi connectivity index (χ3n) is 4.25. The molecule has 1 aromatic carbocycles. The van der Waals surface area contributed by atoms with Gasteiger partial charge in [-0.25, -0.2) is 4.39 Å². The molecule has 0 bridgehead atoms. The molecular weight excluding hydrogens is 297 g/mol. The summed E-state index contributed by atoms with van der Waals surface area (Å²) in [4.78, 5) is 23.3. The molecule has 1 fully saturated rings. The highest BCUT2D eigenvalue weighted by atomic mass is 19.1. The van der Waals surface area contributed by atoms with Gasteiger partial charge >= 0.3 is 5.97 Å². The van der Waals surface area contributed by atoms with Crippen LogP contribution in [0.4, 0.5) is 4.39 Å². The van der Waals surface area contributed by atoms with Crippen molar-refractivity contribution in [2.45, 2.75) is 51.5 Å². The van der Waals surface area contributed by atoms with E-state index in [1.165, 1.54) is 44.2 Å². The summed E-state index contributed by atoms with van der Waals surface area (Å²) in [6.07, 6.45) is 7.45. The zero-order valence-corrected chi connectivity index (χ0v) is 13.4. The van der Waals surface area contributed by atoms with Crippen molar-refractivity contribution in [3.8, 4) is 0 Å². The van der Waals surface area contributed by atoms with Crippen LogP contribution in [0.5, 0.6) is 0 Å². The first-order valence-electron chi connectivity index (χ1n) is 8.30. The van der Waals surface area contributed by atoms with Gasteiger partial charge in [0.25, 0.3) is 5.91 Å². The quantitative estimate of drug-likeness (QED) is 0.784. The van der Waals surface area contributed by atoms with Gasteiger partial charge in [0, 0.05) is 13.0 Å². The molecule has 0 aliphatic heterocycles. The summed E-state index contributed by atoms with van der Waals surface area (Å²) in [5.41, 5.74) is 0.795. The van der Waals surface area contributed by atoms with E-state index in [9.17, 15) is 14.0 Å². The fraction of sp³-hybridized carbons (Fsp3) is 0.556. The fourth-order valence-electron chi connectivity index (χ4n) is 2.87. The molecule has 126 valence electrons. The molecule has 0 atom stereocenters. The number of amides is 1. The third-order valence-corrected chi connectivity index (χ3v) is 4.25. The van der Waals surface area contributed by atoms with Crippen molar-refractivity contribution in [3.05, 3.63) is 35.6 Å². The van der Waals surface area contributed by atoms with Crippen LogP contribution < -0.4 is 5.32 Å². The summed E-state index contributed by atoms with van der Waals surface area (Å²) in [5, 5.41) is 2.64. The van der Waals surface area contributed by atoms with Crippen molar-refractivity contribution >= 4 is 11.9 Å². The van der Waals surface area contributed by atoms with Gasteiger partial charge in [0.05, 0.1) is 0 Å². The van der Waals surface area contributed by atoms with Gasteiger partial charge in [-0.1, -0.05) is 44.2 Å². The van der Waals surface area contributed by atoms with E-state index in [2.05, 4.69) is 5.32 Å². The van der Waals surface area contributed by atoms with Gasteiger partial charge in [0.1, 0.15) is 5.82 Å². The highest BCUT2D eigenvalue weighted by Gasteiger charge is 2.15. The van der Waals surface area contributed by atoms with E-state index in [1.54, 1.807) is 12.1 Å². The van der Waals surface area contributed by atoms with E-state index in [1.807, 2.05) is 0 Å². The van der Waals surface area contributed by atoms with Crippen LogP contribution in [-0.2, 0) is 20.9 Å². The Morgan fingerprint density at radius 3 is 2.52 bits per heavy atom. The second kappa shape index (κ2) is 9.28. The van der Waals surface area contributed by atoms with Crippen LogP contribution in [0.1, 0.15) is 50.5 Å². The van der Waals surface area contributed by atoms with Crippen molar-refractivity contribution in [2.75, 3.05) is 6.61 Å². The first-order valence-corrected chi connectivity index (χ1v) is 8.30. The van der Waals surface area contributed by atoms with Crippen LogP contribution in [0.3, 0.4) is 0 Å². The second-order valence-corrected chi connectivity index (χ2v) is 6.11. The Kier molecular flexibility index (Phi) is 7.04. The lowest BCUT2D eigenvalue weighted by molar-refractivity contribution is -0.148. The monoisotopic (exact) mass is 321 g/mol. The van der Waals surface area contributed by atoms with Gasteiger partial charge in [-0.15, -0.1) is 0 Å². The molecule has 1 saturated carbocycles. The minimum Gasteiger partial charge on any atom is -0.456 e. The topological polar surface area (TPSA) is 55.4 Å². The van der Waals surface area contributed by atoms with Crippen molar-refractivity contribution in [1.29, 1.82) is 0 Å². The molecule has 2 rings (SSSR count). The van der Waals surface area contributed by atoms with Crippen molar-refractivity contribution in [3.63, 3.8) is 0 Å². The number of halogens is 1. The number of nitrogens with one attached hydrogen (secondary N) is 1. The van der Waals surface area contributed by atoms with Crippen LogP contribution in [0.15, 0.2) is 24.3 Å². The Morgan fingerprint density at radius 2 is 1.83 bits per heavy atom. The summed E-state index contributed by atoms with van der Waals surface area (Å²) in [6, 6.07) is 5.89. The predicted molar refractivity (Wildman–Crippen MR) is 85.0 cm³/mol. The molecular formula is C18H24FNO3. The fourth-order valence-corrected chi connectivity index (χ4v) is 2.87. The number of hydrogen-bond donors (Lipinski definition) is 1. The molecule has 1 N–H and O–H groups in total. The van der Waals surface area contributed by atoms with Crippen LogP contribution >= 0.6 is 0 Å². The third kappa shape index (κ3) is 6.80. The first-order chi connectivity index (χ1) is 11.1. The van der Waals surface area contributed by atoms with Crippen LogP contribution in [0.2, 0.25) is 0 Å². The summed E-state index contributed by atoms with van der Waals surface area (Å²) in [7, 11) is 0. The van der Waals surface area contributed by atoms with E-state index >= 15 is 0 Å².